The lowest BCUT2D eigenvalue weighted by Gasteiger charge is -2.40. The van der Waals surface area contributed by atoms with Crippen molar-refractivity contribution in [2.75, 3.05) is 13.2 Å². The molecule has 1 heterocycles. The van der Waals surface area contributed by atoms with Gasteiger partial charge in [0.2, 0.25) is 0 Å². The number of hydrogen-bond acceptors (Lipinski definition) is 2. The molecular weight excluding hydrogens is 246 g/mol. The maximum Gasteiger partial charge on any atom is 0.0469 e. The molecule has 2 fully saturated rings. The second-order valence-electron chi connectivity index (χ2n) is 6.68. The summed E-state index contributed by atoms with van der Waals surface area (Å²) in [6.45, 7) is 6.45. The summed E-state index contributed by atoms with van der Waals surface area (Å²) in [5, 5.41) is 3.84. The monoisotopic (exact) mass is 273 g/mol. The third-order valence-electron chi connectivity index (χ3n) is 5.12. The fraction of sp³-hybridized carbons (Fsp3) is 0.667. The molecule has 0 amide bonds. The van der Waals surface area contributed by atoms with Crippen LogP contribution >= 0.6 is 0 Å². The molecule has 1 aliphatic heterocycles. The SMILES string of the molecule is Cc1cccc(C2CC(NC(C)C3CCOCC3)C2)c1. The first-order valence-corrected chi connectivity index (χ1v) is 8.12. The molecule has 2 nitrogen and oxygen atoms in total. The predicted molar refractivity (Wildman–Crippen MR) is 83.1 cm³/mol. The van der Waals surface area contributed by atoms with E-state index in [-0.39, 0.29) is 0 Å². The molecule has 1 N–H and O–H groups in total. The molecule has 1 unspecified atom stereocenters. The van der Waals surface area contributed by atoms with E-state index in [1.807, 2.05) is 0 Å². The van der Waals surface area contributed by atoms with Crippen molar-refractivity contribution >= 4 is 0 Å². The van der Waals surface area contributed by atoms with E-state index in [4.69, 9.17) is 4.74 Å². The normalized spacial score (nSPS) is 28.9. The van der Waals surface area contributed by atoms with Crippen LogP contribution in [0.3, 0.4) is 0 Å². The summed E-state index contributed by atoms with van der Waals surface area (Å²) in [5.74, 6) is 1.58. The Morgan fingerprint density at radius 3 is 2.65 bits per heavy atom. The zero-order valence-electron chi connectivity index (χ0n) is 12.8. The van der Waals surface area contributed by atoms with Gasteiger partial charge in [0.15, 0.2) is 0 Å². The van der Waals surface area contributed by atoms with Crippen molar-refractivity contribution < 1.29 is 4.74 Å². The van der Waals surface area contributed by atoms with Crippen molar-refractivity contribution in [3.05, 3.63) is 35.4 Å². The molecule has 3 rings (SSSR count). The lowest BCUT2D eigenvalue weighted by Crippen LogP contribution is -2.48. The summed E-state index contributed by atoms with van der Waals surface area (Å²) in [7, 11) is 0. The zero-order valence-corrected chi connectivity index (χ0v) is 12.8. The van der Waals surface area contributed by atoms with Gasteiger partial charge in [-0.25, -0.2) is 0 Å². The Kier molecular flexibility index (Phi) is 4.42. The quantitative estimate of drug-likeness (QED) is 0.904. The molecule has 2 aliphatic rings. The van der Waals surface area contributed by atoms with Crippen LogP contribution in [0, 0.1) is 12.8 Å². The summed E-state index contributed by atoms with van der Waals surface area (Å²) < 4.78 is 5.45. The van der Waals surface area contributed by atoms with E-state index in [0.717, 1.165) is 31.1 Å². The first kappa shape index (κ1) is 14.1. The highest BCUT2D eigenvalue weighted by molar-refractivity contribution is 5.27. The number of nitrogens with one attached hydrogen (secondary N) is 1. The molecule has 1 aromatic carbocycles. The molecule has 110 valence electrons. The van der Waals surface area contributed by atoms with E-state index in [1.54, 1.807) is 0 Å². The zero-order chi connectivity index (χ0) is 13.9. The highest BCUT2D eigenvalue weighted by Gasteiger charge is 2.32. The van der Waals surface area contributed by atoms with Gasteiger partial charge < -0.3 is 10.1 Å². The summed E-state index contributed by atoms with van der Waals surface area (Å²) in [5.41, 5.74) is 2.91. The number of aryl methyl sites for hydroxylation is 1. The third kappa shape index (κ3) is 3.24. The van der Waals surface area contributed by atoms with Crippen LogP contribution in [0.1, 0.15) is 49.7 Å². The van der Waals surface area contributed by atoms with Gasteiger partial charge in [-0.1, -0.05) is 29.8 Å². The second kappa shape index (κ2) is 6.28. The first-order valence-electron chi connectivity index (χ1n) is 8.12. The van der Waals surface area contributed by atoms with Crippen molar-refractivity contribution in [1.29, 1.82) is 0 Å². The maximum absolute atomic E-state index is 5.45. The smallest absolute Gasteiger partial charge is 0.0469 e. The van der Waals surface area contributed by atoms with E-state index in [0.29, 0.717) is 6.04 Å². The van der Waals surface area contributed by atoms with Gasteiger partial charge in [-0.05, 0) is 56.9 Å². The van der Waals surface area contributed by atoms with Gasteiger partial charge >= 0.3 is 0 Å². The Hall–Kier alpha value is -0.860. The standard InChI is InChI=1S/C18H27NO/c1-13-4-3-5-16(10-13)17-11-18(12-17)19-14(2)15-6-8-20-9-7-15/h3-5,10,14-15,17-19H,6-9,11-12H2,1-2H3. The average Bonchev–Trinajstić information content (AvgIpc) is 2.43. The Balaban J connectivity index is 1.46. The number of hydrogen-bond donors (Lipinski definition) is 1. The molecular formula is C18H27NO. The number of ether oxygens (including phenoxy) is 1. The van der Waals surface area contributed by atoms with Crippen molar-refractivity contribution in [3.63, 3.8) is 0 Å². The van der Waals surface area contributed by atoms with Gasteiger partial charge in [-0.2, -0.15) is 0 Å². The Labute approximate surface area is 122 Å². The van der Waals surface area contributed by atoms with Crippen LogP contribution in [-0.2, 0) is 4.74 Å². The van der Waals surface area contributed by atoms with Gasteiger partial charge in [0, 0.05) is 25.3 Å². The van der Waals surface area contributed by atoms with Crippen LogP contribution in [0.2, 0.25) is 0 Å². The highest BCUT2D eigenvalue weighted by Crippen LogP contribution is 2.37. The number of rotatable bonds is 4. The van der Waals surface area contributed by atoms with Crippen molar-refractivity contribution in [2.24, 2.45) is 5.92 Å². The Morgan fingerprint density at radius 1 is 1.20 bits per heavy atom. The lowest BCUT2D eigenvalue weighted by molar-refractivity contribution is 0.0519. The topological polar surface area (TPSA) is 21.3 Å². The molecule has 20 heavy (non-hydrogen) atoms. The van der Waals surface area contributed by atoms with Crippen molar-refractivity contribution in [3.8, 4) is 0 Å². The molecule has 0 aromatic heterocycles. The Morgan fingerprint density at radius 2 is 1.95 bits per heavy atom. The second-order valence-corrected chi connectivity index (χ2v) is 6.68. The van der Waals surface area contributed by atoms with Gasteiger partial charge in [-0.15, -0.1) is 0 Å². The minimum atomic E-state index is 0.641. The minimum Gasteiger partial charge on any atom is -0.381 e. The average molecular weight is 273 g/mol. The minimum absolute atomic E-state index is 0.641. The predicted octanol–water partition coefficient (Wildman–Crippen LogP) is 3.65. The van der Waals surface area contributed by atoms with Crippen LogP contribution in [-0.4, -0.2) is 25.3 Å². The van der Waals surface area contributed by atoms with Crippen LogP contribution in [0.25, 0.3) is 0 Å². The summed E-state index contributed by atoms with van der Waals surface area (Å²) in [6.07, 6.45) is 5.05. The molecule has 1 aliphatic carbocycles. The maximum atomic E-state index is 5.45. The molecule has 0 radical (unpaired) electrons. The molecule has 1 saturated carbocycles. The first-order chi connectivity index (χ1) is 9.72. The van der Waals surface area contributed by atoms with E-state index in [1.165, 1.54) is 36.8 Å². The van der Waals surface area contributed by atoms with Crippen LogP contribution in [0.15, 0.2) is 24.3 Å². The molecule has 0 spiro atoms. The van der Waals surface area contributed by atoms with Crippen LogP contribution in [0.4, 0.5) is 0 Å². The fourth-order valence-corrected chi connectivity index (χ4v) is 3.67. The summed E-state index contributed by atoms with van der Waals surface area (Å²) >= 11 is 0. The Bertz CT molecular complexity index is 433. The summed E-state index contributed by atoms with van der Waals surface area (Å²) in [6, 6.07) is 10.4. The van der Waals surface area contributed by atoms with E-state index in [2.05, 4.69) is 43.4 Å². The molecule has 1 saturated heterocycles. The fourth-order valence-electron chi connectivity index (χ4n) is 3.67. The van der Waals surface area contributed by atoms with E-state index >= 15 is 0 Å². The number of benzene rings is 1. The van der Waals surface area contributed by atoms with Gasteiger partial charge in [-0.3, -0.25) is 0 Å². The largest absolute Gasteiger partial charge is 0.381 e. The van der Waals surface area contributed by atoms with Gasteiger partial charge in [0.1, 0.15) is 0 Å². The highest BCUT2D eigenvalue weighted by atomic mass is 16.5. The summed E-state index contributed by atoms with van der Waals surface area (Å²) in [4.78, 5) is 0. The van der Waals surface area contributed by atoms with Gasteiger partial charge in [0.25, 0.3) is 0 Å². The van der Waals surface area contributed by atoms with Crippen LogP contribution in [0.5, 0.6) is 0 Å². The van der Waals surface area contributed by atoms with E-state index in [9.17, 15) is 0 Å². The van der Waals surface area contributed by atoms with Crippen molar-refractivity contribution in [1.82, 2.24) is 5.32 Å². The lowest BCUT2D eigenvalue weighted by atomic mass is 9.75. The molecule has 0 bridgehead atoms. The van der Waals surface area contributed by atoms with Crippen molar-refractivity contribution in [2.45, 2.75) is 57.5 Å². The molecule has 1 aromatic rings. The molecule has 2 heteroatoms. The van der Waals surface area contributed by atoms with E-state index < -0.39 is 0 Å². The van der Waals surface area contributed by atoms with Crippen LogP contribution < -0.4 is 5.32 Å². The third-order valence-corrected chi connectivity index (χ3v) is 5.12. The van der Waals surface area contributed by atoms with Gasteiger partial charge in [0.05, 0.1) is 0 Å². The molecule has 1 atom stereocenters.